The van der Waals surface area contributed by atoms with Crippen molar-refractivity contribution < 1.29 is 4.74 Å². The van der Waals surface area contributed by atoms with Crippen LogP contribution in [0, 0.1) is 11.3 Å². The first-order valence-corrected chi connectivity index (χ1v) is 12.1. The molecule has 1 aromatic heterocycles. The fourth-order valence-corrected chi connectivity index (χ4v) is 4.64. The lowest BCUT2D eigenvalue weighted by atomic mass is 9.99. The minimum absolute atomic E-state index is 0.0912. The summed E-state index contributed by atoms with van der Waals surface area (Å²) in [5.74, 6) is 0.856. The molecule has 6 nitrogen and oxygen atoms in total. The minimum Gasteiger partial charge on any atom is -0.379 e. The van der Waals surface area contributed by atoms with Gasteiger partial charge in [-0.1, -0.05) is 56.3 Å². The van der Waals surface area contributed by atoms with Crippen molar-refractivity contribution in [3.05, 3.63) is 87.1 Å². The van der Waals surface area contributed by atoms with E-state index in [1.165, 1.54) is 0 Å². The molecule has 176 valence electrons. The van der Waals surface area contributed by atoms with E-state index in [9.17, 15) is 10.1 Å². The van der Waals surface area contributed by atoms with Gasteiger partial charge < -0.3 is 9.30 Å². The zero-order valence-electron chi connectivity index (χ0n) is 20.1. The Morgan fingerprint density at radius 1 is 1.03 bits per heavy atom. The molecule has 3 aromatic rings. The Kier molecular flexibility index (Phi) is 7.89. The molecule has 1 fully saturated rings. The molecular weight excluding hydrogens is 424 g/mol. The van der Waals surface area contributed by atoms with Crippen molar-refractivity contribution in [2.75, 3.05) is 26.3 Å². The fraction of sp³-hybridized carbons (Fsp3) is 0.393. The second-order valence-corrected chi connectivity index (χ2v) is 8.69. The van der Waals surface area contributed by atoms with Gasteiger partial charge in [0.05, 0.1) is 30.4 Å². The molecule has 34 heavy (non-hydrogen) atoms. The van der Waals surface area contributed by atoms with Gasteiger partial charge in [0.25, 0.3) is 5.56 Å². The molecule has 1 aliphatic heterocycles. The van der Waals surface area contributed by atoms with E-state index in [-0.39, 0.29) is 5.56 Å². The predicted molar refractivity (Wildman–Crippen MR) is 134 cm³/mol. The highest BCUT2D eigenvalue weighted by molar-refractivity contribution is 5.70. The molecule has 0 aliphatic carbocycles. The van der Waals surface area contributed by atoms with Gasteiger partial charge in [0, 0.05) is 38.3 Å². The Balaban J connectivity index is 1.67. The monoisotopic (exact) mass is 456 g/mol. The summed E-state index contributed by atoms with van der Waals surface area (Å²) >= 11 is 0. The number of rotatable bonds is 8. The molecule has 0 spiro atoms. The van der Waals surface area contributed by atoms with Gasteiger partial charge in [0.15, 0.2) is 0 Å². The van der Waals surface area contributed by atoms with Gasteiger partial charge in [-0.05, 0) is 35.6 Å². The van der Waals surface area contributed by atoms with E-state index in [1.807, 2.05) is 24.3 Å². The fourth-order valence-electron chi connectivity index (χ4n) is 4.64. The first-order chi connectivity index (χ1) is 16.6. The molecule has 0 amide bonds. The van der Waals surface area contributed by atoms with Gasteiger partial charge in [-0.25, -0.2) is 0 Å². The summed E-state index contributed by atoms with van der Waals surface area (Å²) in [5, 5.41) is 9.44. The van der Waals surface area contributed by atoms with Crippen LogP contribution in [0.5, 0.6) is 0 Å². The minimum atomic E-state index is -0.0912. The second kappa shape index (κ2) is 11.2. The molecule has 0 atom stereocenters. The molecule has 0 unspecified atom stereocenters. The zero-order valence-corrected chi connectivity index (χ0v) is 20.1. The van der Waals surface area contributed by atoms with Crippen molar-refractivity contribution in [1.82, 2.24) is 14.5 Å². The van der Waals surface area contributed by atoms with Crippen LogP contribution in [0.2, 0.25) is 0 Å². The summed E-state index contributed by atoms with van der Waals surface area (Å²) in [6.45, 7) is 8.61. The maximum Gasteiger partial charge on any atom is 0.277 e. The molecule has 6 heteroatoms. The zero-order chi connectivity index (χ0) is 23.9. The number of nitriles is 1. The number of aromatic nitrogens is 2. The second-order valence-electron chi connectivity index (χ2n) is 8.69. The van der Waals surface area contributed by atoms with Crippen molar-refractivity contribution in [3.8, 4) is 17.2 Å². The Bertz CT molecular complexity index is 1220. The largest absolute Gasteiger partial charge is 0.379 e. The Hall–Kier alpha value is -3.27. The molecule has 0 bridgehead atoms. The van der Waals surface area contributed by atoms with Crippen LogP contribution >= 0.6 is 0 Å². The first-order valence-electron chi connectivity index (χ1n) is 12.1. The van der Waals surface area contributed by atoms with Crippen molar-refractivity contribution >= 4 is 0 Å². The third-order valence-corrected chi connectivity index (χ3v) is 6.42. The highest BCUT2D eigenvalue weighted by Crippen LogP contribution is 2.24. The molecule has 2 heterocycles. The average Bonchev–Trinajstić information content (AvgIpc) is 2.88. The van der Waals surface area contributed by atoms with E-state index in [0.29, 0.717) is 31.9 Å². The van der Waals surface area contributed by atoms with Crippen LogP contribution in [0.3, 0.4) is 0 Å². The van der Waals surface area contributed by atoms with Crippen molar-refractivity contribution in [2.45, 2.75) is 46.2 Å². The number of morpholine rings is 1. The van der Waals surface area contributed by atoms with Crippen LogP contribution < -0.4 is 5.56 Å². The van der Waals surface area contributed by atoms with Gasteiger partial charge in [-0.15, -0.1) is 0 Å². The lowest BCUT2D eigenvalue weighted by molar-refractivity contribution is 0.0337. The molecule has 4 rings (SSSR count). The number of benzene rings is 2. The number of hydrogen-bond donors (Lipinski definition) is 0. The molecule has 0 radical (unpaired) electrons. The third kappa shape index (κ3) is 5.27. The van der Waals surface area contributed by atoms with E-state index < -0.39 is 0 Å². The van der Waals surface area contributed by atoms with Crippen molar-refractivity contribution in [3.63, 3.8) is 0 Å². The highest BCUT2D eigenvalue weighted by atomic mass is 16.5. The topological polar surface area (TPSA) is 71.2 Å². The van der Waals surface area contributed by atoms with Crippen LogP contribution in [0.1, 0.15) is 48.5 Å². The SMILES string of the molecule is CCCc1nc(=O)c(CN2CCOCC2)c(CC)n1Cc1ccc(-c2ccccc2C#N)cc1. The highest BCUT2D eigenvalue weighted by Gasteiger charge is 2.20. The lowest BCUT2D eigenvalue weighted by Gasteiger charge is -2.28. The summed E-state index contributed by atoms with van der Waals surface area (Å²) in [6, 6.07) is 18.3. The molecule has 0 saturated carbocycles. The Morgan fingerprint density at radius 2 is 1.76 bits per heavy atom. The molecule has 1 aliphatic rings. The molecular formula is C28H32N4O2. The summed E-state index contributed by atoms with van der Waals surface area (Å²) in [7, 11) is 0. The van der Waals surface area contributed by atoms with Gasteiger partial charge in [0.2, 0.25) is 0 Å². The smallest absolute Gasteiger partial charge is 0.277 e. The third-order valence-electron chi connectivity index (χ3n) is 6.42. The van der Waals surface area contributed by atoms with Crippen molar-refractivity contribution in [2.24, 2.45) is 0 Å². The summed E-state index contributed by atoms with van der Waals surface area (Å²) in [6.07, 6.45) is 2.48. The van der Waals surface area contributed by atoms with Gasteiger partial charge in [0.1, 0.15) is 5.82 Å². The van der Waals surface area contributed by atoms with E-state index in [4.69, 9.17) is 4.74 Å². The van der Waals surface area contributed by atoms with E-state index in [2.05, 4.69) is 58.6 Å². The summed E-state index contributed by atoms with van der Waals surface area (Å²) in [4.78, 5) is 19.8. The van der Waals surface area contributed by atoms with Crippen LogP contribution in [-0.4, -0.2) is 40.8 Å². The quantitative estimate of drug-likeness (QED) is 0.509. The Labute approximate surface area is 201 Å². The van der Waals surface area contributed by atoms with E-state index in [1.54, 1.807) is 0 Å². The number of ether oxygens (including phenoxy) is 1. The Morgan fingerprint density at radius 3 is 2.44 bits per heavy atom. The average molecular weight is 457 g/mol. The number of hydrogen-bond acceptors (Lipinski definition) is 5. The first kappa shape index (κ1) is 23.9. The maximum atomic E-state index is 13.0. The van der Waals surface area contributed by atoms with Crippen LogP contribution in [-0.2, 0) is 30.7 Å². The van der Waals surface area contributed by atoms with Crippen molar-refractivity contribution in [1.29, 1.82) is 5.26 Å². The van der Waals surface area contributed by atoms with Gasteiger partial charge in [-0.2, -0.15) is 10.2 Å². The van der Waals surface area contributed by atoms with E-state index >= 15 is 0 Å². The van der Waals surface area contributed by atoms with Gasteiger partial charge >= 0.3 is 0 Å². The van der Waals surface area contributed by atoms with Crippen LogP contribution in [0.4, 0.5) is 0 Å². The molecule has 0 N–H and O–H groups in total. The lowest BCUT2D eigenvalue weighted by Crippen LogP contribution is -2.38. The van der Waals surface area contributed by atoms with Crippen LogP contribution in [0.25, 0.3) is 11.1 Å². The summed E-state index contributed by atoms with van der Waals surface area (Å²) in [5.41, 5.74) is 5.58. The molecule has 1 saturated heterocycles. The van der Waals surface area contributed by atoms with Crippen LogP contribution in [0.15, 0.2) is 53.3 Å². The van der Waals surface area contributed by atoms with Gasteiger partial charge in [-0.3, -0.25) is 9.69 Å². The standard InChI is InChI=1S/C28H32N4O2/c1-3-7-27-30-28(33)25(20-31-14-16-34-17-15-31)26(4-2)32(27)19-21-10-12-22(13-11-21)24-9-6-5-8-23(24)18-29/h5-6,8-13H,3-4,7,14-17,19-20H2,1-2H3. The number of nitrogens with zero attached hydrogens (tertiary/aromatic N) is 4. The summed E-state index contributed by atoms with van der Waals surface area (Å²) < 4.78 is 7.72. The number of aryl methyl sites for hydroxylation is 1. The van der Waals surface area contributed by atoms with E-state index in [0.717, 1.165) is 66.1 Å². The predicted octanol–water partition coefficient (Wildman–Crippen LogP) is 4.18. The maximum absolute atomic E-state index is 13.0. The normalized spacial score (nSPS) is 14.1. The molecule has 2 aromatic carbocycles.